The lowest BCUT2D eigenvalue weighted by Crippen LogP contribution is -2.54. The van der Waals surface area contributed by atoms with Gasteiger partial charge in [-0.05, 0) is 32.2 Å². The minimum Gasteiger partial charge on any atom is -0.389 e. The predicted molar refractivity (Wildman–Crippen MR) is 66.5 cm³/mol. The highest BCUT2D eigenvalue weighted by Crippen LogP contribution is 2.24. The van der Waals surface area contributed by atoms with Crippen LogP contribution in [-0.4, -0.2) is 59.3 Å². The van der Waals surface area contributed by atoms with Crippen molar-refractivity contribution in [2.24, 2.45) is 5.92 Å². The van der Waals surface area contributed by atoms with Crippen LogP contribution in [0.5, 0.6) is 0 Å². The molecule has 2 heterocycles. The van der Waals surface area contributed by atoms with E-state index in [1.807, 2.05) is 6.92 Å². The van der Waals surface area contributed by atoms with Gasteiger partial charge in [0.15, 0.2) is 0 Å². The number of nitrogens with zero attached hydrogens (tertiary/aromatic N) is 2. The van der Waals surface area contributed by atoms with Gasteiger partial charge < -0.3 is 5.11 Å². The van der Waals surface area contributed by atoms with Crippen molar-refractivity contribution < 1.29 is 5.11 Å². The van der Waals surface area contributed by atoms with Gasteiger partial charge in [-0.1, -0.05) is 13.8 Å². The average molecular weight is 226 g/mol. The van der Waals surface area contributed by atoms with Gasteiger partial charge in [-0.15, -0.1) is 0 Å². The second-order valence-corrected chi connectivity index (χ2v) is 6.08. The molecule has 0 spiro atoms. The molecule has 2 saturated heterocycles. The fourth-order valence-corrected chi connectivity index (χ4v) is 2.83. The second-order valence-electron chi connectivity index (χ2n) is 6.08. The van der Waals surface area contributed by atoms with E-state index in [9.17, 15) is 5.11 Å². The first-order valence-electron chi connectivity index (χ1n) is 6.68. The lowest BCUT2D eigenvalue weighted by atomic mass is 9.91. The van der Waals surface area contributed by atoms with Crippen molar-refractivity contribution in [2.45, 2.75) is 45.3 Å². The van der Waals surface area contributed by atoms with Crippen LogP contribution in [0.15, 0.2) is 0 Å². The van der Waals surface area contributed by atoms with E-state index in [1.165, 1.54) is 25.9 Å². The standard InChI is InChI=1S/C13H26N2O/c1-11(2)13(3,16)10-14-7-8-15-6-4-5-12(15)9-14/h11-12,16H,4-10H2,1-3H3. The van der Waals surface area contributed by atoms with Crippen LogP contribution in [0.3, 0.4) is 0 Å². The highest BCUT2D eigenvalue weighted by molar-refractivity contribution is 4.90. The average Bonchev–Trinajstić information content (AvgIpc) is 2.63. The summed E-state index contributed by atoms with van der Waals surface area (Å²) in [7, 11) is 0. The second kappa shape index (κ2) is 4.63. The third-order valence-electron chi connectivity index (χ3n) is 4.46. The van der Waals surface area contributed by atoms with Crippen LogP contribution >= 0.6 is 0 Å². The van der Waals surface area contributed by atoms with Crippen molar-refractivity contribution in [2.75, 3.05) is 32.7 Å². The maximum atomic E-state index is 10.3. The molecule has 1 N–H and O–H groups in total. The Morgan fingerprint density at radius 3 is 2.75 bits per heavy atom. The first-order valence-corrected chi connectivity index (χ1v) is 6.68. The summed E-state index contributed by atoms with van der Waals surface area (Å²) in [6.07, 6.45) is 2.71. The van der Waals surface area contributed by atoms with Gasteiger partial charge in [0, 0.05) is 32.2 Å². The Kier molecular flexibility index (Phi) is 3.57. The molecule has 0 aromatic rings. The highest BCUT2D eigenvalue weighted by Gasteiger charge is 2.34. The summed E-state index contributed by atoms with van der Waals surface area (Å²) in [5.41, 5.74) is -0.541. The first-order chi connectivity index (χ1) is 7.49. The number of aliphatic hydroxyl groups is 1. The van der Waals surface area contributed by atoms with E-state index in [1.54, 1.807) is 0 Å². The maximum Gasteiger partial charge on any atom is 0.0768 e. The molecule has 0 saturated carbocycles. The van der Waals surface area contributed by atoms with Crippen LogP contribution in [0, 0.1) is 5.92 Å². The van der Waals surface area contributed by atoms with Gasteiger partial charge in [-0.2, -0.15) is 0 Å². The van der Waals surface area contributed by atoms with E-state index in [2.05, 4.69) is 23.6 Å². The monoisotopic (exact) mass is 226 g/mol. The summed E-state index contributed by atoms with van der Waals surface area (Å²) >= 11 is 0. The molecule has 0 aromatic carbocycles. The van der Waals surface area contributed by atoms with E-state index in [-0.39, 0.29) is 0 Å². The fourth-order valence-electron chi connectivity index (χ4n) is 2.83. The normalized spacial score (nSPS) is 31.7. The Bertz CT molecular complexity index is 240. The van der Waals surface area contributed by atoms with Crippen molar-refractivity contribution in [1.82, 2.24) is 9.80 Å². The zero-order valence-corrected chi connectivity index (χ0v) is 10.9. The predicted octanol–water partition coefficient (Wildman–Crippen LogP) is 1.17. The molecular formula is C13H26N2O. The summed E-state index contributed by atoms with van der Waals surface area (Å²) in [6.45, 7) is 11.8. The van der Waals surface area contributed by atoms with E-state index >= 15 is 0 Å². The largest absolute Gasteiger partial charge is 0.389 e. The van der Waals surface area contributed by atoms with E-state index in [0.29, 0.717) is 5.92 Å². The Balaban J connectivity index is 1.87. The maximum absolute atomic E-state index is 10.3. The van der Waals surface area contributed by atoms with Crippen molar-refractivity contribution in [3.63, 3.8) is 0 Å². The number of β-amino-alcohol motifs (C(OH)–C–C–N with tert-alkyl or cyclic N) is 1. The van der Waals surface area contributed by atoms with Gasteiger partial charge in [0.25, 0.3) is 0 Å². The third-order valence-corrected chi connectivity index (χ3v) is 4.46. The van der Waals surface area contributed by atoms with Gasteiger partial charge in [-0.3, -0.25) is 9.80 Å². The molecule has 2 rings (SSSR count). The van der Waals surface area contributed by atoms with E-state index < -0.39 is 5.60 Å². The van der Waals surface area contributed by atoms with Crippen molar-refractivity contribution in [3.8, 4) is 0 Å². The molecule has 0 radical (unpaired) electrons. The van der Waals surface area contributed by atoms with Crippen molar-refractivity contribution >= 4 is 0 Å². The van der Waals surface area contributed by atoms with Gasteiger partial charge in [0.05, 0.1) is 5.60 Å². The molecule has 2 atom stereocenters. The number of piperazine rings is 1. The Morgan fingerprint density at radius 2 is 2.06 bits per heavy atom. The number of fused-ring (bicyclic) bond motifs is 1. The fraction of sp³-hybridized carbons (Fsp3) is 1.00. The topological polar surface area (TPSA) is 26.7 Å². The minimum absolute atomic E-state index is 0.328. The molecule has 94 valence electrons. The molecule has 0 bridgehead atoms. The summed E-state index contributed by atoms with van der Waals surface area (Å²) in [6, 6.07) is 0.761. The number of rotatable bonds is 3. The first kappa shape index (κ1) is 12.3. The number of hydrogen-bond donors (Lipinski definition) is 1. The number of hydrogen-bond acceptors (Lipinski definition) is 3. The Labute approximate surface area is 99.4 Å². The molecule has 2 unspecified atom stereocenters. The molecule has 2 aliphatic heterocycles. The van der Waals surface area contributed by atoms with Crippen molar-refractivity contribution in [3.05, 3.63) is 0 Å². The zero-order valence-electron chi connectivity index (χ0n) is 10.9. The molecular weight excluding hydrogens is 200 g/mol. The molecule has 2 fully saturated rings. The van der Waals surface area contributed by atoms with E-state index in [0.717, 1.165) is 25.7 Å². The van der Waals surface area contributed by atoms with Crippen molar-refractivity contribution in [1.29, 1.82) is 0 Å². The third kappa shape index (κ3) is 2.58. The Hall–Kier alpha value is -0.120. The quantitative estimate of drug-likeness (QED) is 0.782. The smallest absolute Gasteiger partial charge is 0.0768 e. The molecule has 0 amide bonds. The highest BCUT2D eigenvalue weighted by atomic mass is 16.3. The SMILES string of the molecule is CC(C)C(C)(O)CN1CCN2CCCC2C1. The molecule has 3 nitrogen and oxygen atoms in total. The lowest BCUT2D eigenvalue weighted by Gasteiger charge is -2.41. The molecule has 3 heteroatoms. The van der Waals surface area contributed by atoms with Crippen LogP contribution < -0.4 is 0 Å². The van der Waals surface area contributed by atoms with Gasteiger partial charge in [0.2, 0.25) is 0 Å². The molecule has 0 aliphatic carbocycles. The van der Waals surface area contributed by atoms with Gasteiger partial charge >= 0.3 is 0 Å². The van der Waals surface area contributed by atoms with Crippen LogP contribution in [-0.2, 0) is 0 Å². The minimum atomic E-state index is -0.541. The van der Waals surface area contributed by atoms with Gasteiger partial charge in [-0.25, -0.2) is 0 Å². The summed E-state index contributed by atoms with van der Waals surface area (Å²) in [5.74, 6) is 0.328. The molecule has 0 aromatic heterocycles. The van der Waals surface area contributed by atoms with Gasteiger partial charge in [0.1, 0.15) is 0 Å². The van der Waals surface area contributed by atoms with Crippen LogP contribution in [0.2, 0.25) is 0 Å². The molecule has 16 heavy (non-hydrogen) atoms. The van der Waals surface area contributed by atoms with Crippen LogP contribution in [0.25, 0.3) is 0 Å². The van der Waals surface area contributed by atoms with Crippen LogP contribution in [0.1, 0.15) is 33.6 Å². The summed E-state index contributed by atoms with van der Waals surface area (Å²) < 4.78 is 0. The van der Waals surface area contributed by atoms with Crippen LogP contribution in [0.4, 0.5) is 0 Å². The summed E-state index contributed by atoms with van der Waals surface area (Å²) in [5, 5.41) is 10.3. The Morgan fingerprint density at radius 1 is 1.31 bits per heavy atom. The zero-order chi connectivity index (χ0) is 11.8. The lowest BCUT2D eigenvalue weighted by molar-refractivity contribution is -0.0338. The van der Waals surface area contributed by atoms with E-state index in [4.69, 9.17) is 0 Å². The molecule has 2 aliphatic rings. The summed E-state index contributed by atoms with van der Waals surface area (Å²) in [4.78, 5) is 5.06.